The highest BCUT2D eigenvalue weighted by atomic mass is 32.2. The van der Waals surface area contributed by atoms with Crippen LogP contribution in [0.4, 0.5) is 10.6 Å². The lowest BCUT2D eigenvalue weighted by Gasteiger charge is -2.17. The van der Waals surface area contributed by atoms with Crippen LogP contribution in [-0.2, 0) is 22.9 Å². The van der Waals surface area contributed by atoms with E-state index in [1.165, 1.54) is 10.5 Å². The molecule has 1 aliphatic carbocycles. The Morgan fingerprint density at radius 2 is 2.22 bits per heavy atom. The van der Waals surface area contributed by atoms with E-state index in [-0.39, 0.29) is 12.6 Å². The van der Waals surface area contributed by atoms with E-state index in [0.717, 1.165) is 25.0 Å². The second kappa shape index (κ2) is 6.45. The number of carbonyl (C=O) groups excluding carboxylic acids is 1. The molecule has 2 heterocycles. The molecule has 2 amide bonds. The van der Waals surface area contributed by atoms with Crippen molar-refractivity contribution in [1.29, 1.82) is 0 Å². The number of carbonyl (C=O) groups is 1. The highest BCUT2D eigenvalue weighted by Gasteiger charge is 2.34. The average Bonchev–Trinajstić information content (AvgIpc) is 3.16. The second-order valence-electron chi connectivity index (χ2n) is 5.99. The first-order valence-electron chi connectivity index (χ1n) is 8.03. The van der Waals surface area contributed by atoms with Crippen LogP contribution in [0.1, 0.15) is 31.0 Å². The normalized spacial score (nSPS) is 20.6. The predicted octanol–water partition coefficient (Wildman–Crippen LogP) is 1.12. The minimum atomic E-state index is -3.34. The fourth-order valence-corrected chi connectivity index (χ4v) is 4.59. The zero-order valence-electron chi connectivity index (χ0n) is 13.2. The molecule has 1 atom stereocenters. The molecule has 1 aromatic rings. The molecule has 0 saturated carbocycles. The van der Waals surface area contributed by atoms with Crippen LogP contribution in [-0.4, -0.2) is 49.2 Å². The lowest BCUT2D eigenvalue weighted by molar-refractivity contribution is 0.222. The summed E-state index contributed by atoms with van der Waals surface area (Å²) in [6.07, 6.45) is 3.56. The maximum Gasteiger partial charge on any atom is 0.323 e. The minimum Gasteiger partial charge on any atom is -0.323 e. The molecule has 3 rings (SSSR count). The molecule has 8 heteroatoms. The Morgan fingerprint density at radius 3 is 3.00 bits per heavy atom. The summed E-state index contributed by atoms with van der Waals surface area (Å²) in [4.78, 5) is 18.3. The van der Waals surface area contributed by atoms with Crippen molar-refractivity contribution in [3.8, 4) is 0 Å². The molecule has 0 spiro atoms. The van der Waals surface area contributed by atoms with Gasteiger partial charge in [0, 0.05) is 25.3 Å². The van der Waals surface area contributed by atoms with Gasteiger partial charge >= 0.3 is 6.03 Å². The number of rotatable bonds is 4. The molecule has 126 valence electrons. The molecular weight excluding hydrogens is 316 g/mol. The third-order valence-electron chi connectivity index (χ3n) is 4.38. The summed E-state index contributed by atoms with van der Waals surface area (Å²) in [7, 11) is -3.34. The van der Waals surface area contributed by atoms with Gasteiger partial charge in [0.05, 0.1) is 5.25 Å². The molecule has 2 aliphatic rings. The lowest BCUT2D eigenvalue weighted by atomic mass is 10.2. The van der Waals surface area contributed by atoms with Gasteiger partial charge in [-0.05, 0) is 37.3 Å². The Balaban J connectivity index is 1.61. The number of urea groups is 1. The number of likely N-dealkylation sites (tertiary alicyclic amines) is 1. The van der Waals surface area contributed by atoms with E-state index in [0.29, 0.717) is 25.3 Å². The summed E-state index contributed by atoms with van der Waals surface area (Å²) in [6, 6.07) is 3.53. The SMILES string of the molecule is CCNS(=O)(=O)C1CCN(C(=O)Nc2ccc3c(n2)CCC3)C1. The van der Waals surface area contributed by atoms with Crippen LogP contribution in [0.25, 0.3) is 0 Å². The van der Waals surface area contributed by atoms with Crippen molar-refractivity contribution in [3.63, 3.8) is 0 Å². The van der Waals surface area contributed by atoms with Gasteiger partial charge in [-0.15, -0.1) is 0 Å². The Labute approximate surface area is 136 Å². The quantitative estimate of drug-likeness (QED) is 0.860. The van der Waals surface area contributed by atoms with Crippen molar-refractivity contribution in [1.82, 2.24) is 14.6 Å². The Hall–Kier alpha value is -1.67. The highest BCUT2D eigenvalue weighted by molar-refractivity contribution is 7.90. The minimum absolute atomic E-state index is 0.214. The van der Waals surface area contributed by atoms with Crippen LogP contribution < -0.4 is 10.0 Å². The summed E-state index contributed by atoms with van der Waals surface area (Å²) in [5, 5.41) is 2.24. The number of nitrogens with zero attached hydrogens (tertiary/aromatic N) is 2. The largest absolute Gasteiger partial charge is 0.323 e. The van der Waals surface area contributed by atoms with Gasteiger partial charge in [0.25, 0.3) is 0 Å². The summed E-state index contributed by atoms with van der Waals surface area (Å²) >= 11 is 0. The van der Waals surface area contributed by atoms with E-state index < -0.39 is 15.3 Å². The molecule has 7 nitrogen and oxygen atoms in total. The number of hydrogen-bond donors (Lipinski definition) is 2. The Bertz CT molecular complexity index is 705. The maximum atomic E-state index is 12.3. The molecule has 1 saturated heterocycles. The number of sulfonamides is 1. The van der Waals surface area contributed by atoms with Gasteiger partial charge in [-0.1, -0.05) is 13.0 Å². The Kier molecular flexibility index (Phi) is 4.54. The standard InChI is InChI=1S/C15H22N4O3S/c1-2-16-23(21,22)12-8-9-19(10-12)15(20)18-14-7-6-11-4-3-5-13(11)17-14/h6-7,12,16H,2-5,8-10H2,1H3,(H,17,18,20). The average molecular weight is 338 g/mol. The van der Waals surface area contributed by atoms with Crippen LogP contribution in [0.5, 0.6) is 0 Å². The van der Waals surface area contributed by atoms with E-state index in [2.05, 4.69) is 15.0 Å². The number of anilines is 1. The van der Waals surface area contributed by atoms with E-state index in [1.54, 1.807) is 6.92 Å². The lowest BCUT2D eigenvalue weighted by Crippen LogP contribution is -2.39. The smallest absolute Gasteiger partial charge is 0.323 e. The van der Waals surface area contributed by atoms with Gasteiger partial charge in [0.1, 0.15) is 5.82 Å². The van der Waals surface area contributed by atoms with Gasteiger partial charge in [-0.2, -0.15) is 0 Å². The van der Waals surface area contributed by atoms with E-state index in [1.807, 2.05) is 12.1 Å². The second-order valence-corrected chi connectivity index (χ2v) is 8.03. The van der Waals surface area contributed by atoms with E-state index >= 15 is 0 Å². The topological polar surface area (TPSA) is 91.4 Å². The molecule has 1 aliphatic heterocycles. The molecule has 1 aromatic heterocycles. The molecule has 1 fully saturated rings. The molecule has 0 aromatic carbocycles. The van der Waals surface area contributed by atoms with Crippen molar-refractivity contribution < 1.29 is 13.2 Å². The molecule has 0 radical (unpaired) electrons. The third-order valence-corrected chi connectivity index (χ3v) is 6.33. The molecule has 0 bridgehead atoms. The van der Waals surface area contributed by atoms with Gasteiger partial charge in [0.15, 0.2) is 0 Å². The number of nitrogens with one attached hydrogen (secondary N) is 2. The Morgan fingerprint density at radius 1 is 1.39 bits per heavy atom. The number of pyridine rings is 1. The highest BCUT2D eigenvalue weighted by Crippen LogP contribution is 2.22. The zero-order chi connectivity index (χ0) is 16.4. The van der Waals surface area contributed by atoms with Crippen molar-refractivity contribution >= 4 is 21.9 Å². The third kappa shape index (κ3) is 3.48. The fraction of sp³-hybridized carbons (Fsp3) is 0.600. The molecular formula is C15H22N4O3S. The van der Waals surface area contributed by atoms with Crippen LogP contribution in [0.15, 0.2) is 12.1 Å². The number of fused-ring (bicyclic) bond motifs is 1. The van der Waals surface area contributed by atoms with Gasteiger partial charge in [0.2, 0.25) is 10.0 Å². The first-order chi connectivity index (χ1) is 11.0. The summed E-state index contributed by atoms with van der Waals surface area (Å²) in [6.45, 7) is 2.76. The zero-order valence-corrected chi connectivity index (χ0v) is 14.0. The number of amides is 2. The van der Waals surface area contributed by atoms with Crippen molar-refractivity contribution in [3.05, 3.63) is 23.4 Å². The first kappa shape index (κ1) is 16.2. The molecule has 1 unspecified atom stereocenters. The number of hydrogen-bond acceptors (Lipinski definition) is 4. The summed E-state index contributed by atoms with van der Waals surface area (Å²) < 4.78 is 26.5. The van der Waals surface area contributed by atoms with Crippen molar-refractivity contribution in [2.75, 3.05) is 25.0 Å². The van der Waals surface area contributed by atoms with Crippen LogP contribution in [0, 0.1) is 0 Å². The van der Waals surface area contributed by atoms with Gasteiger partial charge in [-0.25, -0.2) is 22.9 Å². The predicted molar refractivity (Wildman–Crippen MR) is 87.9 cm³/mol. The molecule has 2 N–H and O–H groups in total. The number of aryl methyl sites for hydroxylation is 2. The first-order valence-corrected chi connectivity index (χ1v) is 9.57. The van der Waals surface area contributed by atoms with Crippen LogP contribution in [0.2, 0.25) is 0 Å². The van der Waals surface area contributed by atoms with E-state index in [9.17, 15) is 13.2 Å². The maximum absolute atomic E-state index is 12.3. The number of aromatic nitrogens is 1. The van der Waals surface area contributed by atoms with Crippen molar-refractivity contribution in [2.24, 2.45) is 0 Å². The van der Waals surface area contributed by atoms with Crippen molar-refractivity contribution in [2.45, 2.75) is 37.9 Å². The van der Waals surface area contributed by atoms with Gasteiger partial charge < -0.3 is 4.90 Å². The summed E-state index contributed by atoms with van der Waals surface area (Å²) in [5.41, 5.74) is 2.30. The monoisotopic (exact) mass is 338 g/mol. The van der Waals surface area contributed by atoms with Crippen LogP contribution >= 0.6 is 0 Å². The van der Waals surface area contributed by atoms with E-state index in [4.69, 9.17) is 0 Å². The van der Waals surface area contributed by atoms with Gasteiger partial charge in [-0.3, -0.25) is 5.32 Å². The summed E-state index contributed by atoms with van der Waals surface area (Å²) in [5.74, 6) is 0.536. The fourth-order valence-electron chi connectivity index (χ4n) is 3.16. The molecule has 23 heavy (non-hydrogen) atoms. The van der Waals surface area contributed by atoms with Crippen LogP contribution in [0.3, 0.4) is 0 Å².